The fourth-order valence-electron chi connectivity index (χ4n) is 3.25. The van der Waals surface area contributed by atoms with Gasteiger partial charge in [-0.3, -0.25) is 4.79 Å². The van der Waals surface area contributed by atoms with Gasteiger partial charge in [0.05, 0.1) is 10.5 Å². The van der Waals surface area contributed by atoms with Crippen molar-refractivity contribution < 1.29 is 17.6 Å². The number of halogens is 2. The van der Waals surface area contributed by atoms with Crippen molar-refractivity contribution in [1.82, 2.24) is 9.62 Å². The summed E-state index contributed by atoms with van der Waals surface area (Å²) < 4.78 is 40.4. The average molecular weight is 484 g/mol. The summed E-state index contributed by atoms with van der Waals surface area (Å²) in [4.78, 5) is 15.1. The van der Waals surface area contributed by atoms with Crippen molar-refractivity contribution in [3.63, 3.8) is 0 Å². The van der Waals surface area contributed by atoms with Gasteiger partial charge in [-0.15, -0.1) is 0 Å². The van der Waals surface area contributed by atoms with E-state index < -0.39 is 21.7 Å². The Labute approximate surface area is 178 Å². The molecule has 9 heteroatoms. The number of anilines is 1. The second-order valence-corrected chi connectivity index (χ2v) is 10.1. The number of nitrogens with one attached hydrogen (secondary N) is 1. The lowest BCUT2D eigenvalue weighted by atomic mass is 10.1. The standard InChI is InChI=1S/C20H23BrFN3O3S/c1-24(2)29(27,28)16-6-8-19(25-9-3-4-10-25)17(12-16)20(26)23-13-14-11-15(22)5-7-18(14)21/h5-8,11-12H,3-4,9-10,13H2,1-2H3,(H,23,26). The molecule has 0 spiro atoms. The molecule has 1 saturated heterocycles. The molecular formula is C20H23BrFN3O3S. The van der Waals surface area contributed by atoms with Crippen LogP contribution in [-0.2, 0) is 16.6 Å². The van der Waals surface area contributed by atoms with E-state index in [-0.39, 0.29) is 11.4 Å². The van der Waals surface area contributed by atoms with Gasteiger partial charge in [0, 0.05) is 43.9 Å². The molecule has 0 aliphatic carbocycles. The fourth-order valence-corrected chi connectivity index (χ4v) is 4.57. The fraction of sp³-hybridized carbons (Fsp3) is 0.350. The molecule has 0 aromatic heterocycles. The Kier molecular flexibility index (Phi) is 6.60. The molecule has 2 aromatic rings. The summed E-state index contributed by atoms with van der Waals surface area (Å²) in [5, 5.41) is 2.78. The van der Waals surface area contributed by atoms with Crippen LogP contribution in [0.1, 0.15) is 28.8 Å². The number of carbonyl (C=O) groups is 1. The summed E-state index contributed by atoms with van der Waals surface area (Å²) in [6.45, 7) is 1.74. The summed E-state index contributed by atoms with van der Waals surface area (Å²) in [5.74, 6) is -0.798. The van der Waals surface area contributed by atoms with E-state index in [9.17, 15) is 17.6 Å². The van der Waals surface area contributed by atoms with Crippen LogP contribution >= 0.6 is 15.9 Å². The molecule has 29 heavy (non-hydrogen) atoms. The summed E-state index contributed by atoms with van der Waals surface area (Å²) in [6.07, 6.45) is 2.05. The highest BCUT2D eigenvalue weighted by molar-refractivity contribution is 9.10. The maximum atomic E-state index is 13.5. The van der Waals surface area contributed by atoms with Gasteiger partial charge in [0.2, 0.25) is 10.0 Å². The molecular weight excluding hydrogens is 461 g/mol. The monoisotopic (exact) mass is 483 g/mol. The van der Waals surface area contributed by atoms with Crippen molar-refractivity contribution >= 4 is 37.5 Å². The van der Waals surface area contributed by atoms with Crippen LogP contribution in [0.2, 0.25) is 0 Å². The predicted octanol–water partition coefficient (Wildman–Crippen LogP) is 3.37. The maximum Gasteiger partial charge on any atom is 0.253 e. The van der Waals surface area contributed by atoms with Crippen LogP contribution in [0.15, 0.2) is 45.8 Å². The summed E-state index contributed by atoms with van der Waals surface area (Å²) in [6, 6.07) is 8.89. The third kappa shape index (κ3) is 4.79. The molecule has 1 fully saturated rings. The Morgan fingerprint density at radius 1 is 1.17 bits per heavy atom. The van der Waals surface area contributed by atoms with Crippen LogP contribution in [0.3, 0.4) is 0 Å². The first-order valence-electron chi connectivity index (χ1n) is 9.24. The van der Waals surface area contributed by atoms with Gasteiger partial charge in [-0.2, -0.15) is 0 Å². The quantitative estimate of drug-likeness (QED) is 0.683. The Balaban J connectivity index is 1.93. The topological polar surface area (TPSA) is 69.7 Å². The van der Waals surface area contributed by atoms with Crippen LogP contribution in [0.25, 0.3) is 0 Å². The molecule has 1 N–H and O–H groups in total. The molecule has 156 valence electrons. The van der Waals surface area contributed by atoms with Gasteiger partial charge >= 0.3 is 0 Å². The molecule has 3 rings (SSSR count). The SMILES string of the molecule is CN(C)S(=O)(=O)c1ccc(N2CCCC2)c(C(=O)NCc2cc(F)ccc2Br)c1. The zero-order valence-electron chi connectivity index (χ0n) is 16.3. The molecule has 1 aliphatic heterocycles. The number of amides is 1. The highest BCUT2D eigenvalue weighted by atomic mass is 79.9. The van der Waals surface area contributed by atoms with Crippen LogP contribution < -0.4 is 10.2 Å². The van der Waals surface area contributed by atoms with Crippen LogP contribution in [-0.4, -0.2) is 45.8 Å². The first-order valence-corrected chi connectivity index (χ1v) is 11.5. The lowest BCUT2D eigenvalue weighted by Gasteiger charge is -2.22. The molecule has 0 bridgehead atoms. The predicted molar refractivity (Wildman–Crippen MR) is 114 cm³/mol. The number of rotatable bonds is 6. The van der Waals surface area contributed by atoms with E-state index in [0.29, 0.717) is 21.3 Å². The van der Waals surface area contributed by atoms with Crippen molar-refractivity contribution in [1.29, 1.82) is 0 Å². The van der Waals surface area contributed by atoms with Crippen molar-refractivity contribution in [3.8, 4) is 0 Å². The smallest absolute Gasteiger partial charge is 0.253 e. The third-order valence-electron chi connectivity index (χ3n) is 4.89. The van der Waals surface area contributed by atoms with Crippen LogP contribution in [0.5, 0.6) is 0 Å². The molecule has 0 saturated carbocycles. The van der Waals surface area contributed by atoms with Gasteiger partial charge in [0.15, 0.2) is 0 Å². The van der Waals surface area contributed by atoms with Crippen LogP contribution in [0, 0.1) is 5.82 Å². The second-order valence-electron chi connectivity index (χ2n) is 7.08. The van der Waals surface area contributed by atoms with E-state index in [4.69, 9.17) is 0 Å². The lowest BCUT2D eigenvalue weighted by Crippen LogP contribution is -2.28. The van der Waals surface area contributed by atoms with Gasteiger partial charge in [-0.25, -0.2) is 17.1 Å². The Morgan fingerprint density at radius 3 is 2.52 bits per heavy atom. The number of sulfonamides is 1. The Bertz CT molecular complexity index is 1020. The molecule has 6 nitrogen and oxygen atoms in total. The first kappa shape index (κ1) is 21.7. The minimum Gasteiger partial charge on any atom is -0.371 e. The lowest BCUT2D eigenvalue weighted by molar-refractivity contribution is 0.0951. The first-order chi connectivity index (χ1) is 13.7. The molecule has 1 amide bonds. The summed E-state index contributed by atoms with van der Waals surface area (Å²) >= 11 is 3.35. The van der Waals surface area contributed by atoms with Gasteiger partial charge in [0.25, 0.3) is 5.91 Å². The highest BCUT2D eigenvalue weighted by Gasteiger charge is 2.24. The van der Waals surface area contributed by atoms with Crippen molar-refractivity contribution in [2.75, 3.05) is 32.1 Å². The Hall–Kier alpha value is -1.97. The highest BCUT2D eigenvalue weighted by Crippen LogP contribution is 2.28. The van der Waals surface area contributed by atoms with E-state index in [1.165, 1.54) is 38.4 Å². The second kappa shape index (κ2) is 8.81. The van der Waals surface area contributed by atoms with Crippen molar-refractivity contribution in [2.45, 2.75) is 24.3 Å². The average Bonchev–Trinajstić information content (AvgIpc) is 3.22. The maximum absolute atomic E-state index is 13.5. The number of nitrogens with zero attached hydrogens (tertiary/aromatic N) is 2. The van der Waals surface area contributed by atoms with E-state index >= 15 is 0 Å². The minimum absolute atomic E-state index is 0.0579. The molecule has 0 unspecified atom stereocenters. The molecule has 1 aliphatic rings. The Morgan fingerprint density at radius 2 is 1.86 bits per heavy atom. The van der Waals surface area contributed by atoms with Gasteiger partial charge in [-0.1, -0.05) is 15.9 Å². The van der Waals surface area contributed by atoms with Gasteiger partial charge in [0.1, 0.15) is 5.82 Å². The number of benzene rings is 2. The van der Waals surface area contributed by atoms with Gasteiger partial charge < -0.3 is 10.2 Å². The zero-order valence-corrected chi connectivity index (χ0v) is 18.7. The molecule has 2 aromatic carbocycles. The van der Waals surface area contributed by atoms with E-state index in [0.717, 1.165) is 30.2 Å². The normalized spacial score (nSPS) is 14.4. The van der Waals surface area contributed by atoms with Crippen molar-refractivity contribution in [3.05, 3.63) is 57.8 Å². The third-order valence-corrected chi connectivity index (χ3v) is 7.47. The number of carbonyl (C=O) groups excluding carboxylic acids is 1. The summed E-state index contributed by atoms with van der Waals surface area (Å²) in [5.41, 5.74) is 1.59. The number of hydrogen-bond donors (Lipinski definition) is 1. The van der Waals surface area contributed by atoms with E-state index in [1.54, 1.807) is 12.1 Å². The number of hydrogen-bond acceptors (Lipinski definition) is 4. The van der Waals surface area contributed by atoms with E-state index in [1.807, 2.05) is 0 Å². The zero-order chi connectivity index (χ0) is 21.2. The summed E-state index contributed by atoms with van der Waals surface area (Å²) in [7, 11) is -0.776. The van der Waals surface area contributed by atoms with Crippen LogP contribution in [0.4, 0.5) is 10.1 Å². The largest absolute Gasteiger partial charge is 0.371 e. The molecule has 1 heterocycles. The molecule has 0 atom stereocenters. The van der Waals surface area contributed by atoms with E-state index in [2.05, 4.69) is 26.1 Å². The van der Waals surface area contributed by atoms with Gasteiger partial charge in [-0.05, 0) is 54.8 Å². The minimum atomic E-state index is -3.67. The molecule has 0 radical (unpaired) electrons. The van der Waals surface area contributed by atoms with Crippen molar-refractivity contribution in [2.24, 2.45) is 0 Å².